The first-order valence-electron chi connectivity index (χ1n) is 39.8. The molecule has 0 fully saturated rings. The summed E-state index contributed by atoms with van der Waals surface area (Å²) in [7, 11) is 0. The first-order valence-corrected chi connectivity index (χ1v) is 51.8. The lowest BCUT2D eigenvalue weighted by atomic mass is 10.1. The number of halogens is 16. The second-order valence-electron chi connectivity index (χ2n) is 27.0. The number of rotatable bonds is 26. The first kappa shape index (κ1) is 125. The topological polar surface area (TPSA) is 251 Å². The zero-order valence-corrected chi connectivity index (χ0v) is 94.7. The average molecular weight is 2630 g/mol. The van der Waals surface area contributed by atoms with Gasteiger partial charge in [0, 0.05) is 95.4 Å². The molecule has 0 saturated heterocycles. The van der Waals surface area contributed by atoms with Crippen LogP contribution < -0.4 is 58.2 Å². The van der Waals surface area contributed by atoms with Crippen LogP contribution in [-0.2, 0) is 39.9 Å². The summed E-state index contributed by atoms with van der Waals surface area (Å²) in [5.74, 6) is -2.29. The second-order valence-corrected chi connectivity index (χ2v) is 50.3. The number of ether oxygens (including phenoxy) is 1. The van der Waals surface area contributed by atoms with Gasteiger partial charge in [0.1, 0.15) is 33.4 Å². The Hall–Kier alpha value is -0.350. The number of carbonyl (C=O) groups is 6. The molecule has 8 heterocycles. The molecule has 119 heavy (non-hydrogen) atoms. The molecular formula is C82H128Cl9I7N14O7. The number of ketones is 1. The number of quaternary nitrogens is 1. The summed E-state index contributed by atoms with van der Waals surface area (Å²) in [6, 6.07) is 9.96. The van der Waals surface area contributed by atoms with E-state index in [0.717, 1.165) is 166 Å². The van der Waals surface area contributed by atoms with E-state index in [1.54, 1.807) is 0 Å². The maximum absolute atomic E-state index is 12.0. The molecule has 680 valence electrons. The van der Waals surface area contributed by atoms with E-state index in [4.69, 9.17) is 98.5 Å². The van der Waals surface area contributed by atoms with Crippen molar-refractivity contribution in [2.75, 3.05) is 135 Å². The Labute approximate surface area is 854 Å². The van der Waals surface area contributed by atoms with Crippen molar-refractivity contribution in [1.82, 2.24) is 29.4 Å². The predicted octanol–water partition coefficient (Wildman–Crippen LogP) is 23.4. The van der Waals surface area contributed by atoms with Gasteiger partial charge in [0.2, 0.25) is 11.8 Å². The number of pyridine rings is 5. The molecule has 5 aromatic heterocycles. The molecule has 1 atom stereocenters. The maximum Gasteiger partial charge on any atom is 0.328 e. The van der Waals surface area contributed by atoms with Crippen LogP contribution in [0.25, 0.3) is 0 Å². The van der Waals surface area contributed by atoms with Crippen molar-refractivity contribution < 1.29 is 45.9 Å². The molecule has 3 aliphatic rings. The van der Waals surface area contributed by atoms with Crippen molar-refractivity contribution in [2.24, 2.45) is 0 Å². The summed E-state index contributed by atoms with van der Waals surface area (Å²) in [6.45, 7) is 50.2. The van der Waals surface area contributed by atoms with E-state index in [2.05, 4.69) is 321 Å². The third kappa shape index (κ3) is 52.8. The van der Waals surface area contributed by atoms with Gasteiger partial charge in [0.15, 0.2) is 38.6 Å². The molecule has 0 aliphatic carbocycles. The zero-order chi connectivity index (χ0) is 91.2. The number of nitrogens with two attached hydrogens (primary N) is 1. The van der Waals surface area contributed by atoms with Crippen molar-refractivity contribution in [3.05, 3.63) is 90.1 Å². The second kappa shape index (κ2) is 71.5. The molecule has 0 saturated carbocycles. The minimum atomic E-state index is -0.776. The van der Waals surface area contributed by atoms with Gasteiger partial charge in [0.25, 0.3) is 5.91 Å². The quantitative estimate of drug-likeness (QED) is 0.0100. The monoisotopic (exact) mass is 2620 g/mol. The number of anilines is 8. The Balaban J connectivity index is -0.000000638. The van der Waals surface area contributed by atoms with Crippen LogP contribution in [0.5, 0.6) is 0 Å². The number of amides is 3. The maximum atomic E-state index is 12.0. The fourth-order valence-corrected chi connectivity index (χ4v) is 12.0. The van der Waals surface area contributed by atoms with Crippen molar-refractivity contribution in [3.8, 4) is 0 Å². The molecule has 3 aliphatic heterocycles. The molecular weight excluding hydrogens is 2500 g/mol. The van der Waals surface area contributed by atoms with E-state index in [9.17, 15) is 28.8 Å². The number of hydrogen-bond donors (Lipinski definition) is 4. The van der Waals surface area contributed by atoms with Crippen LogP contribution in [0.2, 0.25) is 25.8 Å². The van der Waals surface area contributed by atoms with Crippen LogP contribution in [-0.4, -0.2) is 160 Å². The van der Waals surface area contributed by atoms with E-state index in [-0.39, 0.29) is 60.0 Å². The van der Waals surface area contributed by atoms with Crippen molar-refractivity contribution in [3.63, 3.8) is 0 Å². The minimum absolute atomic E-state index is 0. The Morgan fingerprint density at radius 3 is 1.31 bits per heavy atom. The number of carbonyl (C=O) groups excluding carboxylic acids is 6. The van der Waals surface area contributed by atoms with Gasteiger partial charge >= 0.3 is 11.9 Å². The van der Waals surface area contributed by atoms with Crippen LogP contribution >= 0.6 is 251 Å². The number of Topliss-reactive ketones (excluding diaryl/α,β-unsaturated/α-hetero) is 1. The molecule has 3 amide bonds. The number of aromatic nitrogens is 5. The standard InChI is InChI=1S/C15H22Cl2N2O.C14H20ClN3O.C12H16ClN3O.C12H20ClN3.C10H12ClN3O.C4H4Cl2O3.C3H5I3.C3H6I2.2C3H7I.C3H8.ClH/c1-4-6-7-19(5-2)14-8-11(3)18-15(17)13(14)9-12(20)10-16;1-4-6-7-18(5-2)9-12(19)17-13-11(18)8-10(3)16-14(13)15;1-3-4-5-16-7-10(17)15-11-9(16)6-8(2)14-12(11)13;1-4-6-7-16(5-2)10-8-9(3)15-12(13)11(10)14;1-3-14-5-8(15)13-9-7(14)4-6(2)12-10(9)11;5-1-3(7)9-4(8)2-6;1-2-3(4,5)6;1-2-3(4)5;1-3(2)4;1-2-3-4;1-3-2;/h8H,4-7,9-10H2,1-3H3;8H,4-7,9H2,1-3H3;6H,3-5,7H2,1-2H3,(H,15,17);8H,4-7,14H2,1-3H3;4H,3,5H2,1-2H3,(H,13,15);1-2H2;2H2,1H3;3H,2H2,1H3;3H,1-2H3;2-3H2,1H3;3H2,1-2H3;1H. The van der Waals surface area contributed by atoms with Gasteiger partial charge in [-0.05, 0) is 136 Å². The molecule has 0 radical (unpaired) electrons. The summed E-state index contributed by atoms with van der Waals surface area (Å²) in [4.78, 5) is 96.4. The van der Waals surface area contributed by atoms with E-state index in [0.29, 0.717) is 72.1 Å². The molecule has 0 spiro atoms. The molecule has 5 aromatic rings. The Morgan fingerprint density at radius 1 is 0.563 bits per heavy atom. The SMILES string of the molecule is CC(C)I.CCC.CCC(I)(I)I.CCC(I)I.CCCCN(CC)c1cc(C)nc(Cl)c1CC(=O)CCl.CCCCN(CC)c1cc(C)nc(Cl)c1N.CCCCN1CC(=O)Nc2c1cc(C)nc2Cl.CCCC[N+]1(CC)CC(=O)Nc2c1cc(C)nc2Cl.CCCI.CCN1CC(=O)Nc2c1cc(C)nc2Cl.O=C(CCl)OC(=O)CCl.[Cl-]. The van der Waals surface area contributed by atoms with Crippen LogP contribution in [0.1, 0.15) is 215 Å². The van der Waals surface area contributed by atoms with Crippen LogP contribution in [0, 0.1) is 34.6 Å². The lowest BCUT2D eigenvalue weighted by Crippen LogP contribution is -3.00. The van der Waals surface area contributed by atoms with Crippen molar-refractivity contribution in [2.45, 2.75) is 227 Å². The highest BCUT2D eigenvalue weighted by Crippen LogP contribution is 2.42. The smallest absolute Gasteiger partial charge is 0.328 e. The number of alkyl halides is 10. The number of hydrogen-bond acceptors (Lipinski definition) is 17. The average Bonchev–Trinajstić information content (AvgIpc) is 0.761. The predicted molar refractivity (Wildman–Crippen MR) is 571 cm³/mol. The molecule has 37 heteroatoms. The number of esters is 2. The van der Waals surface area contributed by atoms with Gasteiger partial charge in [-0.2, -0.15) is 0 Å². The number of nitrogens with one attached hydrogen (secondary N) is 3. The summed E-state index contributed by atoms with van der Waals surface area (Å²) >= 11 is 62.8. The highest BCUT2D eigenvalue weighted by atomic mass is 127. The summed E-state index contributed by atoms with van der Waals surface area (Å²) < 4.78 is 8.05. The van der Waals surface area contributed by atoms with Gasteiger partial charge < -0.3 is 58.4 Å². The van der Waals surface area contributed by atoms with Gasteiger partial charge in [-0.15, -0.1) is 34.8 Å². The van der Waals surface area contributed by atoms with Gasteiger partial charge in [-0.1, -0.05) is 324 Å². The lowest BCUT2D eigenvalue weighted by molar-refractivity contribution is -0.156. The van der Waals surface area contributed by atoms with E-state index in [1.165, 1.54) is 36.5 Å². The molecule has 5 N–H and O–H groups in total. The largest absolute Gasteiger partial charge is 1.00 e. The van der Waals surface area contributed by atoms with Crippen LogP contribution in [0.4, 0.5) is 51.2 Å². The zero-order valence-electron chi connectivity index (χ0n) is 72.8. The van der Waals surface area contributed by atoms with E-state index < -0.39 is 11.9 Å². The Morgan fingerprint density at radius 2 is 0.933 bits per heavy atom. The lowest BCUT2D eigenvalue weighted by Gasteiger charge is -2.40. The van der Waals surface area contributed by atoms with Crippen molar-refractivity contribution >= 4 is 338 Å². The molecule has 1 unspecified atom stereocenters. The number of nitrogens with zero attached hydrogens (tertiary/aromatic N) is 10. The van der Waals surface area contributed by atoms with Crippen LogP contribution in [0.15, 0.2) is 30.3 Å². The normalized spacial score (nSPS) is 13.0. The van der Waals surface area contributed by atoms with E-state index >= 15 is 0 Å². The van der Waals surface area contributed by atoms with E-state index in [1.807, 2.05) is 70.7 Å². The van der Waals surface area contributed by atoms with Crippen LogP contribution in [0.3, 0.4) is 0 Å². The molecule has 8 rings (SSSR count). The Bertz CT molecular complexity index is 3760. The summed E-state index contributed by atoms with van der Waals surface area (Å²) in [5, 5.41) is 10.3. The van der Waals surface area contributed by atoms with Gasteiger partial charge in [0.05, 0.1) is 56.7 Å². The minimum Gasteiger partial charge on any atom is -1.00 e. The fourth-order valence-electron chi connectivity index (χ4n) is 10.4. The highest BCUT2D eigenvalue weighted by molar-refractivity contribution is 14.3. The summed E-state index contributed by atoms with van der Waals surface area (Å²) in [6.07, 6.45) is 14.3. The summed E-state index contributed by atoms with van der Waals surface area (Å²) in [5.41, 5.74) is 18.8. The third-order valence-corrected chi connectivity index (χ3v) is 23.5. The number of aryl methyl sites for hydroxylation is 5. The highest BCUT2D eigenvalue weighted by Gasteiger charge is 2.40. The number of likely N-dealkylation sites (N-methyl/N-ethyl adjacent to an activating group) is 2. The van der Waals surface area contributed by atoms with Gasteiger partial charge in [-0.3, -0.25) is 33.3 Å². The number of unbranched alkanes of at least 4 members (excludes halogenated alkanes) is 4. The van der Waals surface area contributed by atoms with Gasteiger partial charge in [-0.25, -0.2) is 24.9 Å². The molecule has 0 aromatic carbocycles. The fraction of sp³-hybridized carbons (Fsp3) is 0.622. The number of fused-ring (bicyclic) bond motifs is 3. The number of nitrogen functional groups attached to an aromatic ring is 1. The Kier molecular flexibility index (Phi) is 75.1. The third-order valence-electron chi connectivity index (χ3n) is 16.2. The van der Waals surface area contributed by atoms with Crippen molar-refractivity contribution in [1.29, 1.82) is 0 Å². The molecule has 0 bridgehead atoms. The molecule has 21 nitrogen and oxygen atoms in total. The first-order chi connectivity index (χ1) is 55.5.